The summed E-state index contributed by atoms with van der Waals surface area (Å²) in [7, 11) is 0. The fourth-order valence-electron chi connectivity index (χ4n) is 5.28. The van der Waals surface area contributed by atoms with Gasteiger partial charge in [0.2, 0.25) is 5.91 Å². The van der Waals surface area contributed by atoms with Crippen LogP contribution in [0.4, 0.5) is 0 Å². The predicted octanol–water partition coefficient (Wildman–Crippen LogP) is 6.03. The lowest BCUT2D eigenvalue weighted by Crippen LogP contribution is -2.60. The summed E-state index contributed by atoms with van der Waals surface area (Å²) in [5.74, 6) is -1.34. The van der Waals surface area contributed by atoms with E-state index >= 15 is 0 Å². The van der Waals surface area contributed by atoms with Gasteiger partial charge in [-0.05, 0) is 28.8 Å². The Bertz CT molecular complexity index is 1550. The van der Waals surface area contributed by atoms with Crippen LogP contribution in [0.2, 0.25) is 0 Å². The van der Waals surface area contributed by atoms with Crippen molar-refractivity contribution in [1.82, 2.24) is 15.3 Å². The van der Waals surface area contributed by atoms with Crippen LogP contribution in [0.25, 0.3) is 11.0 Å². The van der Waals surface area contributed by atoms with Crippen LogP contribution >= 0.6 is 11.8 Å². The largest absolute Gasteiger partial charge is 0.455 e. The third kappa shape index (κ3) is 4.73. The number of esters is 1. The van der Waals surface area contributed by atoms with E-state index in [9.17, 15) is 9.59 Å². The molecule has 1 aliphatic rings. The molecule has 0 radical (unpaired) electrons. The fraction of sp³-hybridized carbons (Fsp3) is 0.152. The number of fused-ring (bicyclic) bond motifs is 1. The lowest BCUT2D eigenvalue weighted by atomic mass is 9.84. The molecular formula is C33H27N3O3S. The molecule has 7 heteroatoms. The standard InChI is InChI=1S/C33H27N3O3S/c1-22(37)39-30(28-21-34-26-19-11-12-20-27(26)35-28)29-31(38)36-32(29)40-33(23-13-5-2-6-14-23,24-15-7-3-8-16-24)25-17-9-4-10-18-25/h2-21,29-30,32H,1H3,(H,36,38). The Morgan fingerprint density at radius 3 is 1.80 bits per heavy atom. The molecule has 3 atom stereocenters. The highest BCUT2D eigenvalue weighted by Gasteiger charge is 2.52. The summed E-state index contributed by atoms with van der Waals surface area (Å²) < 4.78 is 5.15. The maximum Gasteiger partial charge on any atom is 0.303 e. The van der Waals surface area contributed by atoms with Crippen molar-refractivity contribution in [2.24, 2.45) is 5.92 Å². The van der Waals surface area contributed by atoms with Gasteiger partial charge in [0, 0.05) is 6.92 Å². The van der Waals surface area contributed by atoms with E-state index in [1.807, 2.05) is 78.9 Å². The number of nitrogens with zero attached hydrogens (tertiary/aromatic N) is 2. The third-order valence-electron chi connectivity index (χ3n) is 7.14. The topological polar surface area (TPSA) is 81.2 Å². The van der Waals surface area contributed by atoms with Gasteiger partial charge >= 0.3 is 5.97 Å². The molecule has 1 fully saturated rings. The van der Waals surface area contributed by atoms with E-state index in [1.165, 1.54) is 6.92 Å². The lowest BCUT2D eigenvalue weighted by molar-refractivity contribution is -0.156. The first-order valence-corrected chi connectivity index (χ1v) is 14.0. The van der Waals surface area contributed by atoms with Gasteiger partial charge in [-0.1, -0.05) is 103 Å². The first-order chi connectivity index (χ1) is 19.6. The van der Waals surface area contributed by atoms with Crippen LogP contribution < -0.4 is 5.32 Å². The summed E-state index contributed by atoms with van der Waals surface area (Å²) in [6, 6.07) is 38.3. The van der Waals surface area contributed by atoms with Gasteiger partial charge in [-0.3, -0.25) is 14.6 Å². The number of amides is 1. The second-order valence-electron chi connectivity index (χ2n) is 9.67. The second-order valence-corrected chi connectivity index (χ2v) is 11.0. The molecule has 1 amide bonds. The highest BCUT2D eigenvalue weighted by Crippen LogP contribution is 2.53. The molecule has 1 saturated heterocycles. The molecular weight excluding hydrogens is 518 g/mol. The van der Waals surface area contributed by atoms with Crippen LogP contribution in [0.1, 0.15) is 35.4 Å². The summed E-state index contributed by atoms with van der Waals surface area (Å²) in [5.41, 5.74) is 5.08. The Hall–Kier alpha value is -4.49. The van der Waals surface area contributed by atoms with Crippen molar-refractivity contribution in [1.29, 1.82) is 0 Å². The van der Waals surface area contributed by atoms with Gasteiger partial charge in [0.1, 0.15) is 11.6 Å². The predicted molar refractivity (Wildman–Crippen MR) is 156 cm³/mol. The van der Waals surface area contributed by atoms with Crippen LogP contribution in [0, 0.1) is 5.92 Å². The summed E-state index contributed by atoms with van der Waals surface area (Å²) >= 11 is 1.63. The first-order valence-electron chi connectivity index (χ1n) is 13.1. The highest BCUT2D eigenvalue weighted by molar-refractivity contribution is 8.01. The summed E-state index contributed by atoms with van der Waals surface area (Å²) in [4.78, 5) is 34.8. The number of carbonyl (C=O) groups excluding carboxylic acids is 2. The molecule has 0 aliphatic carbocycles. The maximum atomic E-state index is 13.2. The molecule has 4 aromatic carbocycles. The van der Waals surface area contributed by atoms with Crippen molar-refractivity contribution in [2.75, 3.05) is 0 Å². The Balaban J connectivity index is 1.46. The zero-order chi connectivity index (χ0) is 27.5. The number of para-hydroxylation sites is 2. The van der Waals surface area contributed by atoms with E-state index in [0.29, 0.717) is 11.2 Å². The Morgan fingerprint density at radius 2 is 1.30 bits per heavy atom. The van der Waals surface area contributed by atoms with E-state index in [-0.39, 0.29) is 11.3 Å². The van der Waals surface area contributed by atoms with E-state index in [4.69, 9.17) is 9.72 Å². The number of ether oxygens (including phenoxy) is 1. The minimum atomic E-state index is -0.888. The van der Waals surface area contributed by atoms with Gasteiger partial charge in [-0.2, -0.15) is 0 Å². The van der Waals surface area contributed by atoms with Gasteiger partial charge < -0.3 is 10.1 Å². The van der Waals surface area contributed by atoms with Crippen molar-refractivity contribution in [3.05, 3.63) is 144 Å². The molecule has 40 heavy (non-hydrogen) atoms. The van der Waals surface area contributed by atoms with Crippen molar-refractivity contribution in [3.8, 4) is 0 Å². The normalized spacial score (nSPS) is 17.5. The zero-order valence-electron chi connectivity index (χ0n) is 21.8. The number of hydrogen-bond acceptors (Lipinski definition) is 6. The number of nitrogens with one attached hydrogen (secondary N) is 1. The summed E-state index contributed by atoms with van der Waals surface area (Å²) in [5, 5.41) is 2.72. The van der Waals surface area contributed by atoms with Gasteiger partial charge in [0.05, 0.1) is 27.4 Å². The lowest BCUT2D eigenvalue weighted by Gasteiger charge is -2.46. The molecule has 5 aromatic rings. The number of benzene rings is 4. The minimum absolute atomic E-state index is 0.193. The first kappa shape index (κ1) is 25.8. The minimum Gasteiger partial charge on any atom is -0.455 e. The number of carbonyl (C=O) groups is 2. The van der Waals surface area contributed by atoms with Crippen LogP contribution in [0.15, 0.2) is 121 Å². The van der Waals surface area contributed by atoms with E-state index in [2.05, 4.69) is 46.7 Å². The van der Waals surface area contributed by atoms with Crippen molar-refractivity contribution >= 4 is 34.7 Å². The molecule has 6 nitrogen and oxygen atoms in total. The second kappa shape index (κ2) is 10.9. The average Bonchev–Trinajstić information content (AvgIpc) is 3.00. The highest BCUT2D eigenvalue weighted by atomic mass is 32.2. The third-order valence-corrected chi connectivity index (χ3v) is 8.86. The Kier molecular flexibility index (Phi) is 7.05. The average molecular weight is 546 g/mol. The van der Waals surface area contributed by atoms with Gasteiger partial charge in [-0.15, -0.1) is 11.8 Å². The van der Waals surface area contributed by atoms with Gasteiger partial charge in [0.25, 0.3) is 0 Å². The molecule has 1 aromatic heterocycles. The van der Waals surface area contributed by atoms with E-state index in [0.717, 1.165) is 22.2 Å². The molecule has 3 unspecified atom stereocenters. The summed E-state index contributed by atoms with van der Waals surface area (Å²) in [6.07, 6.45) is 0.711. The Labute approximate surface area is 236 Å². The number of aromatic nitrogens is 2. The van der Waals surface area contributed by atoms with E-state index < -0.39 is 22.7 Å². The zero-order valence-corrected chi connectivity index (χ0v) is 22.6. The molecule has 0 saturated carbocycles. The quantitative estimate of drug-likeness (QED) is 0.146. The molecule has 0 bridgehead atoms. The fourth-order valence-corrected chi connectivity index (χ4v) is 7.07. The molecule has 1 N–H and O–H groups in total. The molecule has 198 valence electrons. The Morgan fingerprint density at radius 1 is 0.800 bits per heavy atom. The van der Waals surface area contributed by atoms with Crippen LogP contribution in [-0.2, 0) is 19.1 Å². The number of hydrogen-bond donors (Lipinski definition) is 1. The van der Waals surface area contributed by atoms with Crippen LogP contribution in [-0.4, -0.2) is 27.2 Å². The van der Waals surface area contributed by atoms with Gasteiger partial charge in [-0.25, -0.2) is 4.98 Å². The SMILES string of the molecule is CC(=O)OC(c1cnc2ccccc2n1)C1C(=O)NC1SC(c1ccccc1)(c1ccccc1)c1ccccc1. The molecule has 1 aliphatic heterocycles. The van der Waals surface area contributed by atoms with Crippen molar-refractivity contribution < 1.29 is 14.3 Å². The monoisotopic (exact) mass is 545 g/mol. The van der Waals surface area contributed by atoms with E-state index in [1.54, 1.807) is 18.0 Å². The maximum absolute atomic E-state index is 13.2. The molecule has 6 rings (SSSR count). The van der Waals surface area contributed by atoms with Gasteiger partial charge in [0.15, 0.2) is 6.10 Å². The number of rotatable bonds is 8. The smallest absolute Gasteiger partial charge is 0.303 e. The van der Waals surface area contributed by atoms with Crippen molar-refractivity contribution in [3.63, 3.8) is 0 Å². The van der Waals surface area contributed by atoms with Crippen LogP contribution in [0.3, 0.4) is 0 Å². The molecule has 2 heterocycles. The summed E-state index contributed by atoms with van der Waals surface area (Å²) in [6.45, 7) is 1.35. The van der Waals surface area contributed by atoms with Crippen LogP contribution in [0.5, 0.6) is 0 Å². The van der Waals surface area contributed by atoms with Crippen molar-refractivity contribution in [2.45, 2.75) is 23.1 Å². The number of β-lactam (4-membered cyclic amide) rings is 1. The number of thioether (sulfide) groups is 1. The molecule has 0 spiro atoms.